The van der Waals surface area contributed by atoms with Gasteiger partial charge in [0.25, 0.3) is 0 Å². The molecule has 6 nitrogen and oxygen atoms in total. The van der Waals surface area contributed by atoms with E-state index in [1.165, 1.54) is 0 Å². The molecule has 4 N–H and O–H groups in total. The second-order valence-electron chi connectivity index (χ2n) is 4.58. The minimum absolute atomic E-state index is 0. The van der Waals surface area contributed by atoms with E-state index in [0.717, 1.165) is 0 Å². The van der Waals surface area contributed by atoms with Crippen molar-refractivity contribution in [2.24, 2.45) is 5.41 Å². The predicted molar refractivity (Wildman–Crippen MR) is 72.1 cm³/mol. The summed E-state index contributed by atoms with van der Waals surface area (Å²) in [7, 11) is 0. The average molecular weight is 300 g/mol. The summed E-state index contributed by atoms with van der Waals surface area (Å²) >= 11 is 0.619. The van der Waals surface area contributed by atoms with Gasteiger partial charge >= 0.3 is 44.5 Å². The van der Waals surface area contributed by atoms with E-state index in [-0.39, 0.29) is 46.5 Å². The Bertz CT molecular complexity index is 306. The molecule has 0 aliphatic carbocycles. The van der Waals surface area contributed by atoms with Gasteiger partial charge in [0.05, 0.1) is 0 Å². The number of amides is 1. The topological polar surface area (TPSA) is 98.7 Å². The molecule has 0 aliphatic rings. The van der Waals surface area contributed by atoms with Gasteiger partial charge < -0.3 is 23.3 Å². The van der Waals surface area contributed by atoms with Gasteiger partial charge in [-0.3, -0.25) is 4.79 Å². The first-order chi connectivity index (χ1) is 7.63. The Balaban J connectivity index is -0.000000213. The molecular weight excluding hydrogens is 277 g/mol. The Morgan fingerprint density at radius 1 is 1.21 bits per heavy atom. The van der Waals surface area contributed by atoms with Crippen LogP contribution in [0.15, 0.2) is 0 Å². The maximum atomic E-state index is 11.4. The van der Waals surface area contributed by atoms with Crippen LogP contribution in [0.2, 0.25) is 0 Å². The van der Waals surface area contributed by atoms with E-state index < -0.39 is 12.2 Å². The van der Waals surface area contributed by atoms with Crippen LogP contribution in [0, 0.1) is 5.41 Å². The molecule has 106 valence electrons. The van der Waals surface area contributed by atoms with Crippen molar-refractivity contribution in [1.29, 1.82) is 0 Å². The van der Waals surface area contributed by atoms with E-state index in [1.807, 2.05) is 20.8 Å². The van der Waals surface area contributed by atoms with Crippen molar-refractivity contribution in [3.05, 3.63) is 0 Å². The number of nitrogens with one attached hydrogen (secondary N) is 2. The van der Waals surface area contributed by atoms with E-state index >= 15 is 0 Å². The maximum absolute atomic E-state index is 11.4. The molecule has 19 heavy (non-hydrogen) atoms. The molecule has 0 rings (SSSR count). The van der Waals surface area contributed by atoms with Gasteiger partial charge in [0, 0.05) is 30.8 Å². The second-order valence-corrected chi connectivity index (χ2v) is 8.43. The Morgan fingerprint density at radius 2 is 1.74 bits per heavy atom. The van der Waals surface area contributed by atoms with Crippen LogP contribution < -0.4 is 48.4 Å². The minimum atomic E-state index is -3.95. The average Bonchev–Trinajstić information content (AvgIpc) is 2.12. The van der Waals surface area contributed by atoms with Crippen molar-refractivity contribution < 1.29 is 59.7 Å². The van der Waals surface area contributed by atoms with E-state index in [4.69, 9.17) is 9.79 Å². The van der Waals surface area contributed by atoms with E-state index in [0.29, 0.717) is 36.8 Å². The zero-order valence-corrected chi connectivity index (χ0v) is 14.1. The molecular formula is C9H23Li2N2O4PS. The van der Waals surface area contributed by atoms with Crippen LogP contribution in [-0.2, 0) is 9.36 Å². The summed E-state index contributed by atoms with van der Waals surface area (Å²) in [6.45, 7) is 3.17. The Labute approximate surface area is 145 Å². The number of carbonyl (C=O) groups excluding carboxylic acids is 1. The van der Waals surface area contributed by atoms with Gasteiger partial charge in [0.15, 0.2) is 0 Å². The number of hydrogen-bond acceptors (Lipinski definition) is 4. The SMILES string of the molecule is CC(C)(C)C(=O)NCCNCCSP(=O)(O)O.[H-].[H-].[Li+].[Li+]. The van der Waals surface area contributed by atoms with Crippen molar-refractivity contribution >= 4 is 24.1 Å². The van der Waals surface area contributed by atoms with Gasteiger partial charge in [-0.1, -0.05) is 20.8 Å². The summed E-state index contributed by atoms with van der Waals surface area (Å²) in [6.07, 6.45) is 0. The minimum Gasteiger partial charge on any atom is -1.00 e. The number of carbonyl (C=O) groups is 1. The molecule has 0 fully saturated rings. The molecule has 0 aromatic rings. The molecule has 0 aromatic heterocycles. The molecule has 0 aliphatic heterocycles. The fourth-order valence-corrected chi connectivity index (χ4v) is 2.35. The summed E-state index contributed by atoms with van der Waals surface area (Å²) in [5, 5.41) is 5.75. The van der Waals surface area contributed by atoms with Crippen molar-refractivity contribution in [2.75, 3.05) is 25.4 Å². The van der Waals surface area contributed by atoms with Crippen LogP contribution in [0.1, 0.15) is 23.6 Å². The first kappa shape index (κ1) is 25.1. The first-order valence-corrected chi connectivity index (χ1v) is 8.52. The Kier molecular flexibility index (Phi) is 15.5. The third-order valence-electron chi connectivity index (χ3n) is 1.81. The van der Waals surface area contributed by atoms with Crippen LogP contribution >= 0.6 is 18.2 Å². The van der Waals surface area contributed by atoms with E-state index in [1.54, 1.807) is 0 Å². The molecule has 0 radical (unpaired) electrons. The summed E-state index contributed by atoms with van der Waals surface area (Å²) in [6, 6.07) is 0. The molecule has 0 bridgehead atoms. The van der Waals surface area contributed by atoms with Crippen LogP contribution in [0.5, 0.6) is 0 Å². The third kappa shape index (κ3) is 17.1. The van der Waals surface area contributed by atoms with Crippen LogP contribution in [-0.4, -0.2) is 41.1 Å². The number of rotatable bonds is 7. The van der Waals surface area contributed by atoms with E-state index in [9.17, 15) is 9.36 Å². The normalized spacial score (nSPS) is 11.2. The van der Waals surface area contributed by atoms with Crippen molar-refractivity contribution in [1.82, 2.24) is 10.6 Å². The van der Waals surface area contributed by atoms with Gasteiger partial charge in [-0.25, -0.2) is 4.57 Å². The summed E-state index contributed by atoms with van der Waals surface area (Å²) < 4.78 is 10.5. The smallest absolute Gasteiger partial charge is 1.00 e. The predicted octanol–water partition coefficient (Wildman–Crippen LogP) is -5.20. The molecule has 0 aromatic carbocycles. The molecule has 10 heteroatoms. The number of hydrogen-bond donors (Lipinski definition) is 4. The van der Waals surface area contributed by atoms with Crippen molar-refractivity contribution in [3.63, 3.8) is 0 Å². The van der Waals surface area contributed by atoms with Gasteiger partial charge in [0.1, 0.15) is 0 Å². The van der Waals surface area contributed by atoms with Gasteiger partial charge in [0.2, 0.25) is 5.91 Å². The molecule has 1 amide bonds. The third-order valence-corrected chi connectivity index (χ3v) is 4.09. The van der Waals surface area contributed by atoms with Crippen LogP contribution in [0.25, 0.3) is 0 Å². The maximum Gasteiger partial charge on any atom is 1.00 e. The largest absolute Gasteiger partial charge is 1.00 e. The summed E-state index contributed by atoms with van der Waals surface area (Å²) in [5.41, 5.74) is -0.393. The zero-order valence-electron chi connectivity index (χ0n) is 14.4. The fourth-order valence-electron chi connectivity index (χ4n) is 0.891. The molecule has 0 spiro atoms. The summed E-state index contributed by atoms with van der Waals surface area (Å²) in [5.74, 6) is 0.334. The standard InChI is InChI=1S/C9H21N2O4PS.2Li.2H/c1-9(2,3)8(12)11-5-4-10-6-7-17-16(13,14)15;;;;/h10H,4-7H2,1-3H3,(H,11,12)(H2,13,14,15);;;;/q;2*+1;2*-1. The quantitative estimate of drug-likeness (QED) is 0.213. The van der Waals surface area contributed by atoms with Gasteiger partial charge in [-0.15, -0.1) is 0 Å². The van der Waals surface area contributed by atoms with Crippen LogP contribution in [0.3, 0.4) is 0 Å². The van der Waals surface area contributed by atoms with Gasteiger partial charge in [-0.2, -0.15) is 0 Å². The molecule has 0 atom stereocenters. The first-order valence-electron chi connectivity index (χ1n) is 5.32. The molecule has 0 unspecified atom stereocenters. The van der Waals surface area contributed by atoms with Gasteiger partial charge in [-0.05, 0) is 11.4 Å². The van der Waals surface area contributed by atoms with Crippen molar-refractivity contribution in [2.45, 2.75) is 20.8 Å². The van der Waals surface area contributed by atoms with E-state index in [2.05, 4.69) is 10.6 Å². The monoisotopic (exact) mass is 300 g/mol. The summed E-state index contributed by atoms with van der Waals surface area (Å²) in [4.78, 5) is 28.6. The molecule has 0 heterocycles. The Morgan fingerprint density at radius 3 is 2.16 bits per heavy atom. The molecule has 0 saturated carbocycles. The Hall–Kier alpha value is 1.12. The van der Waals surface area contributed by atoms with Crippen LogP contribution in [0.4, 0.5) is 0 Å². The fraction of sp³-hybridized carbons (Fsp3) is 0.889. The zero-order chi connectivity index (χ0) is 13.5. The molecule has 0 saturated heterocycles. The van der Waals surface area contributed by atoms with Crippen molar-refractivity contribution in [3.8, 4) is 0 Å². The second kappa shape index (κ2) is 11.7.